The summed E-state index contributed by atoms with van der Waals surface area (Å²) in [5.41, 5.74) is 0. The molecule has 0 aliphatic carbocycles. The molecule has 1 saturated heterocycles. The number of ether oxygens (including phenoxy) is 4. The molecule has 0 spiro atoms. The van der Waals surface area contributed by atoms with Crippen LogP contribution in [-0.2, 0) is 28.5 Å². The minimum atomic E-state index is -0.327. The van der Waals surface area contributed by atoms with E-state index in [-0.39, 0.29) is 24.3 Å². The number of carbonyl (C=O) groups excluding carboxylic acids is 2. The first kappa shape index (κ1) is 20.9. The highest BCUT2D eigenvalue weighted by Gasteiger charge is 2.24. The Bertz CT molecular complexity index is 361. The van der Waals surface area contributed by atoms with Crippen LogP contribution in [0.2, 0.25) is 0 Å². The second-order valence-corrected chi connectivity index (χ2v) is 6.61. The molecule has 24 heavy (non-hydrogen) atoms. The van der Waals surface area contributed by atoms with E-state index in [0.717, 1.165) is 19.3 Å². The van der Waals surface area contributed by atoms with Crippen molar-refractivity contribution in [3.63, 3.8) is 0 Å². The summed E-state index contributed by atoms with van der Waals surface area (Å²) < 4.78 is 21.4. The standard InChI is InChI=1S/C18H32O6/c1-4-7-18-22-12-15(13-23-18)24-17(20)9-6-5-8-16(19)21-11-10-14(2)3/h14-15,18H,4-13H2,1-3H3. The van der Waals surface area contributed by atoms with Gasteiger partial charge in [-0.25, -0.2) is 0 Å². The molecule has 0 amide bonds. The van der Waals surface area contributed by atoms with E-state index < -0.39 is 0 Å². The van der Waals surface area contributed by atoms with E-state index in [1.165, 1.54) is 0 Å². The predicted molar refractivity (Wildman–Crippen MR) is 89.4 cm³/mol. The molecule has 0 saturated carbocycles. The third kappa shape index (κ3) is 9.88. The topological polar surface area (TPSA) is 71.1 Å². The van der Waals surface area contributed by atoms with Gasteiger partial charge >= 0.3 is 11.9 Å². The minimum Gasteiger partial charge on any atom is -0.466 e. The zero-order valence-electron chi connectivity index (χ0n) is 15.3. The number of carbonyl (C=O) groups is 2. The van der Waals surface area contributed by atoms with Crippen molar-refractivity contribution >= 4 is 11.9 Å². The summed E-state index contributed by atoms with van der Waals surface area (Å²) >= 11 is 0. The van der Waals surface area contributed by atoms with Gasteiger partial charge in [0.25, 0.3) is 0 Å². The Balaban J connectivity index is 2.01. The molecule has 1 heterocycles. The molecule has 140 valence electrons. The van der Waals surface area contributed by atoms with Crippen LogP contribution in [-0.4, -0.2) is 44.2 Å². The lowest BCUT2D eigenvalue weighted by Crippen LogP contribution is -2.38. The Kier molecular flexibility index (Phi) is 10.7. The van der Waals surface area contributed by atoms with Crippen LogP contribution in [0.25, 0.3) is 0 Å². The summed E-state index contributed by atoms with van der Waals surface area (Å²) in [6.45, 7) is 7.49. The van der Waals surface area contributed by atoms with Gasteiger partial charge in [0.05, 0.1) is 19.8 Å². The van der Waals surface area contributed by atoms with Gasteiger partial charge in [0.15, 0.2) is 6.29 Å². The minimum absolute atomic E-state index is 0.174. The Hall–Kier alpha value is -1.14. The number of esters is 2. The summed E-state index contributed by atoms with van der Waals surface area (Å²) in [5, 5.41) is 0. The van der Waals surface area contributed by atoms with Gasteiger partial charge in [-0.1, -0.05) is 27.2 Å². The number of hydrogen-bond donors (Lipinski definition) is 0. The molecule has 0 bridgehead atoms. The van der Waals surface area contributed by atoms with Crippen molar-refractivity contribution in [1.82, 2.24) is 0 Å². The van der Waals surface area contributed by atoms with E-state index in [9.17, 15) is 9.59 Å². The first-order valence-corrected chi connectivity index (χ1v) is 9.09. The first-order chi connectivity index (χ1) is 11.5. The fraction of sp³-hybridized carbons (Fsp3) is 0.889. The van der Waals surface area contributed by atoms with Crippen LogP contribution in [0, 0.1) is 5.92 Å². The fourth-order valence-electron chi connectivity index (χ4n) is 2.26. The van der Waals surface area contributed by atoms with Crippen molar-refractivity contribution in [2.24, 2.45) is 5.92 Å². The Labute approximate surface area is 145 Å². The highest BCUT2D eigenvalue weighted by Crippen LogP contribution is 2.14. The lowest BCUT2D eigenvalue weighted by molar-refractivity contribution is -0.227. The predicted octanol–water partition coefficient (Wildman–Crippen LogP) is 3.22. The SMILES string of the molecule is CCCC1OCC(OC(=O)CCCCC(=O)OCCC(C)C)CO1. The normalized spacial score (nSPS) is 20.8. The lowest BCUT2D eigenvalue weighted by Gasteiger charge is -2.28. The molecular formula is C18H32O6. The smallest absolute Gasteiger partial charge is 0.306 e. The van der Waals surface area contributed by atoms with Gasteiger partial charge in [-0.2, -0.15) is 0 Å². The van der Waals surface area contributed by atoms with Crippen molar-refractivity contribution in [3.05, 3.63) is 0 Å². The highest BCUT2D eigenvalue weighted by molar-refractivity contribution is 5.70. The van der Waals surface area contributed by atoms with Crippen LogP contribution in [0.1, 0.15) is 65.7 Å². The second kappa shape index (κ2) is 12.3. The van der Waals surface area contributed by atoms with Gasteiger partial charge in [0.2, 0.25) is 0 Å². The van der Waals surface area contributed by atoms with Gasteiger partial charge in [-0.3, -0.25) is 9.59 Å². The molecule has 0 atom stereocenters. The maximum absolute atomic E-state index is 11.8. The molecule has 0 radical (unpaired) electrons. The van der Waals surface area contributed by atoms with Crippen molar-refractivity contribution < 1.29 is 28.5 Å². The summed E-state index contributed by atoms with van der Waals surface area (Å²) in [4.78, 5) is 23.3. The molecule has 1 fully saturated rings. The summed E-state index contributed by atoms with van der Waals surface area (Å²) in [6, 6.07) is 0. The van der Waals surface area contributed by atoms with E-state index in [0.29, 0.717) is 51.4 Å². The van der Waals surface area contributed by atoms with E-state index in [1.807, 2.05) is 0 Å². The van der Waals surface area contributed by atoms with Gasteiger partial charge in [0, 0.05) is 12.8 Å². The number of unbranched alkanes of at least 4 members (excludes halogenated alkanes) is 1. The van der Waals surface area contributed by atoms with Gasteiger partial charge < -0.3 is 18.9 Å². The molecule has 1 aliphatic heterocycles. The van der Waals surface area contributed by atoms with Crippen molar-refractivity contribution in [1.29, 1.82) is 0 Å². The average Bonchev–Trinajstić information content (AvgIpc) is 2.53. The zero-order chi connectivity index (χ0) is 17.8. The highest BCUT2D eigenvalue weighted by atomic mass is 16.7. The lowest BCUT2D eigenvalue weighted by atomic mass is 10.1. The molecule has 0 aromatic carbocycles. The number of rotatable bonds is 11. The molecule has 0 aromatic heterocycles. The van der Waals surface area contributed by atoms with Crippen molar-refractivity contribution in [2.45, 2.75) is 78.1 Å². The maximum Gasteiger partial charge on any atom is 0.306 e. The third-order valence-corrected chi connectivity index (χ3v) is 3.73. The summed E-state index contributed by atoms with van der Waals surface area (Å²) in [6.07, 6.45) is 4.12. The first-order valence-electron chi connectivity index (χ1n) is 9.09. The van der Waals surface area contributed by atoms with E-state index in [2.05, 4.69) is 20.8 Å². The Morgan fingerprint density at radius 1 is 1.08 bits per heavy atom. The fourth-order valence-corrected chi connectivity index (χ4v) is 2.26. The molecule has 1 aliphatic rings. The quantitative estimate of drug-likeness (QED) is 0.423. The van der Waals surface area contributed by atoms with Crippen LogP contribution < -0.4 is 0 Å². The molecule has 6 heteroatoms. The molecule has 0 unspecified atom stereocenters. The van der Waals surface area contributed by atoms with Gasteiger partial charge in [-0.05, 0) is 31.6 Å². The molecule has 0 aromatic rings. The van der Waals surface area contributed by atoms with Gasteiger partial charge in [0.1, 0.15) is 6.10 Å². The maximum atomic E-state index is 11.8. The Morgan fingerprint density at radius 2 is 1.71 bits per heavy atom. The summed E-state index contributed by atoms with van der Waals surface area (Å²) in [7, 11) is 0. The largest absolute Gasteiger partial charge is 0.466 e. The Morgan fingerprint density at radius 3 is 2.29 bits per heavy atom. The molecule has 6 nitrogen and oxygen atoms in total. The van der Waals surface area contributed by atoms with E-state index in [1.54, 1.807) is 0 Å². The third-order valence-electron chi connectivity index (χ3n) is 3.73. The van der Waals surface area contributed by atoms with Crippen molar-refractivity contribution in [3.8, 4) is 0 Å². The molecular weight excluding hydrogens is 312 g/mol. The van der Waals surface area contributed by atoms with Gasteiger partial charge in [-0.15, -0.1) is 0 Å². The van der Waals surface area contributed by atoms with Crippen LogP contribution in [0.3, 0.4) is 0 Å². The van der Waals surface area contributed by atoms with E-state index in [4.69, 9.17) is 18.9 Å². The van der Waals surface area contributed by atoms with E-state index >= 15 is 0 Å². The zero-order valence-corrected chi connectivity index (χ0v) is 15.3. The van der Waals surface area contributed by atoms with Crippen molar-refractivity contribution in [2.75, 3.05) is 19.8 Å². The van der Waals surface area contributed by atoms with Crippen LogP contribution >= 0.6 is 0 Å². The average molecular weight is 344 g/mol. The molecule has 0 N–H and O–H groups in total. The van der Waals surface area contributed by atoms with Crippen LogP contribution in [0.4, 0.5) is 0 Å². The monoisotopic (exact) mass is 344 g/mol. The second-order valence-electron chi connectivity index (χ2n) is 6.61. The van der Waals surface area contributed by atoms with Crippen LogP contribution in [0.5, 0.6) is 0 Å². The van der Waals surface area contributed by atoms with Crippen LogP contribution in [0.15, 0.2) is 0 Å². The summed E-state index contributed by atoms with van der Waals surface area (Å²) in [5.74, 6) is 0.0620. The number of hydrogen-bond acceptors (Lipinski definition) is 6. The molecule has 1 rings (SSSR count).